The smallest absolute Gasteiger partial charge is 0.0302 e. The molecule has 1 atom stereocenters. The molecule has 0 bridgehead atoms. The number of nitrogens with zero attached hydrogens (tertiary/aromatic N) is 3. The molecule has 4 heteroatoms. The molecule has 2 heterocycles. The minimum atomic E-state index is 0.840. The second-order valence-electron chi connectivity index (χ2n) is 4.86. The molecule has 0 radical (unpaired) electrons. The molecule has 2 fully saturated rings. The van der Waals surface area contributed by atoms with Crippen LogP contribution in [0.25, 0.3) is 0 Å². The molecule has 3 nitrogen and oxygen atoms in total. The summed E-state index contributed by atoms with van der Waals surface area (Å²) in [5.41, 5.74) is 0. The van der Waals surface area contributed by atoms with E-state index < -0.39 is 0 Å². The normalized spacial score (nSPS) is 32.0. The van der Waals surface area contributed by atoms with Crippen LogP contribution in [0.4, 0.5) is 0 Å². The fraction of sp³-hybridized carbons (Fsp3) is 1.00. The van der Waals surface area contributed by atoms with Crippen molar-refractivity contribution in [2.45, 2.75) is 5.25 Å². The summed E-state index contributed by atoms with van der Waals surface area (Å²) in [5.74, 6) is 1.31. The highest BCUT2D eigenvalue weighted by atomic mass is 32.2. The van der Waals surface area contributed by atoms with Crippen LogP contribution in [0.5, 0.6) is 0 Å². The fourth-order valence-corrected chi connectivity index (χ4v) is 3.72. The monoisotopic (exact) mass is 229 g/mol. The first-order chi connectivity index (χ1) is 7.24. The van der Waals surface area contributed by atoms with Crippen LogP contribution in [0.15, 0.2) is 0 Å². The van der Waals surface area contributed by atoms with E-state index in [1.54, 1.807) is 0 Å². The predicted molar refractivity (Wildman–Crippen MR) is 67.7 cm³/mol. The molecule has 0 aromatic rings. The Labute approximate surface area is 97.8 Å². The highest BCUT2D eigenvalue weighted by Gasteiger charge is 2.22. The summed E-state index contributed by atoms with van der Waals surface area (Å²) in [6, 6.07) is 0. The first kappa shape index (κ1) is 11.7. The zero-order valence-electron chi connectivity index (χ0n) is 9.98. The number of thioether (sulfide) groups is 1. The summed E-state index contributed by atoms with van der Waals surface area (Å²) in [6.45, 7) is 8.85. The van der Waals surface area contributed by atoms with E-state index in [0.29, 0.717) is 0 Å². The minimum Gasteiger partial charge on any atom is -0.304 e. The number of piperazine rings is 1. The summed E-state index contributed by atoms with van der Waals surface area (Å²) in [5, 5.41) is 0.840. The average Bonchev–Trinajstić information content (AvgIpc) is 2.22. The lowest BCUT2D eigenvalue weighted by molar-refractivity contribution is 0.149. The second kappa shape index (κ2) is 5.53. The van der Waals surface area contributed by atoms with Crippen LogP contribution in [0.3, 0.4) is 0 Å². The third kappa shape index (κ3) is 3.63. The van der Waals surface area contributed by atoms with Gasteiger partial charge in [-0.15, -0.1) is 0 Å². The summed E-state index contributed by atoms with van der Waals surface area (Å²) >= 11 is 2.16. The summed E-state index contributed by atoms with van der Waals surface area (Å²) in [4.78, 5) is 7.53. The molecule has 0 aromatic heterocycles. The van der Waals surface area contributed by atoms with Crippen molar-refractivity contribution in [2.24, 2.45) is 0 Å². The van der Waals surface area contributed by atoms with Crippen molar-refractivity contribution in [3.8, 4) is 0 Å². The third-order valence-corrected chi connectivity index (χ3v) is 4.59. The zero-order valence-corrected chi connectivity index (χ0v) is 10.8. The zero-order chi connectivity index (χ0) is 10.7. The van der Waals surface area contributed by atoms with E-state index in [2.05, 4.69) is 40.6 Å². The molecule has 0 amide bonds. The van der Waals surface area contributed by atoms with Crippen molar-refractivity contribution in [1.82, 2.24) is 14.7 Å². The lowest BCUT2D eigenvalue weighted by Gasteiger charge is -2.37. The third-order valence-electron chi connectivity index (χ3n) is 3.40. The van der Waals surface area contributed by atoms with Crippen LogP contribution in [0.2, 0.25) is 0 Å². The van der Waals surface area contributed by atoms with Gasteiger partial charge in [-0.2, -0.15) is 11.8 Å². The molecule has 0 saturated carbocycles. The molecule has 0 N–H and O–H groups in total. The van der Waals surface area contributed by atoms with E-state index in [9.17, 15) is 0 Å². The molecular weight excluding hydrogens is 206 g/mol. The number of hydrogen-bond acceptors (Lipinski definition) is 4. The maximum atomic E-state index is 2.64. The van der Waals surface area contributed by atoms with Gasteiger partial charge >= 0.3 is 0 Å². The molecule has 2 aliphatic heterocycles. The first-order valence-electron chi connectivity index (χ1n) is 5.95. The molecule has 15 heavy (non-hydrogen) atoms. The molecule has 0 spiro atoms. The molecule has 2 rings (SSSR count). The van der Waals surface area contributed by atoms with Gasteiger partial charge in [0.1, 0.15) is 0 Å². The van der Waals surface area contributed by atoms with E-state index in [4.69, 9.17) is 0 Å². The Morgan fingerprint density at radius 1 is 1.00 bits per heavy atom. The van der Waals surface area contributed by atoms with Crippen molar-refractivity contribution >= 4 is 11.8 Å². The van der Waals surface area contributed by atoms with Crippen LogP contribution in [-0.2, 0) is 0 Å². The van der Waals surface area contributed by atoms with Crippen LogP contribution in [0.1, 0.15) is 0 Å². The maximum Gasteiger partial charge on any atom is 0.0302 e. The Bertz CT molecular complexity index is 192. The number of likely N-dealkylation sites (N-methyl/N-ethyl adjacent to an activating group) is 1. The Balaban J connectivity index is 1.71. The van der Waals surface area contributed by atoms with Gasteiger partial charge in [0, 0.05) is 56.8 Å². The Kier molecular flexibility index (Phi) is 4.31. The summed E-state index contributed by atoms with van der Waals surface area (Å²) < 4.78 is 0. The van der Waals surface area contributed by atoms with Crippen molar-refractivity contribution in [3.05, 3.63) is 0 Å². The highest BCUT2D eigenvalue weighted by molar-refractivity contribution is 8.00. The molecule has 2 aliphatic rings. The lowest BCUT2D eigenvalue weighted by Crippen LogP contribution is -2.49. The quantitative estimate of drug-likeness (QED) is 0.672. The van der Waals surface area contributed by atoms with E-state index in [-0.39, 0.29) is 0 Å². The van der Waals surface area contributed by atoms with Crippen molar-refractivity contribution < 1.29 is 0 Å². The van der Waals surface area contributed by atoms with Gasteiger partial charge in [-0.25, -0.2) is 0 Å². The Morgan fingerprint density at radius 2 is 1.73 bits per heavy atom. The van der Waals surface area contributed by atoms with Gasteiger partial charge in [-0.05, 0) is 14.1 Å². The van der Waals surface area contributed by atoms with E-state index in [0.717, 1.165) is 5.25 Å². The minimum absolute atomic E-state index is 0.840. The SMILES string of the molecule is CN1CCN(CC2CN(C)CCS2)CC1. The van der Waals surface area contributed by atoms with Gasteiger partial charge in [-0.3, -0.25) is 4.90 Å². The summed E-state index contributed by atoms with van der Waals surface area (Å²) in [6.07, 6.45) is 0. The molecule has 1 unspecified atom stereocenters. The van der Waals surface area contributed by atoms with E-state index >= 15 is 0 Å². The van der Waals surface area contributed by atoms with Crippen molar-refractivity contribution in [1.29, 1.82) is 0 Å². The second-order valence-corrected chi connectivity index (χ2v) is 6.27. The summed E-state index contributed by atoms with van der Waals surface area (Å²) in [7, 11) is 4.47. The van der Waals surface area contributed by atoms with Gasteiger partial charge in [0.2, 0.25) is 0 Å². The fourth-order valence-electron chi connectivity index (χ4n) is 2.30. The molecule has 2 saturated heterocycles. The molecule has 0 aromatic carbocycles. The van der Waals surface area contributed by atoms with Crippen molar-refractivity contribution in [3.63, 3.8) is 0 Å². The number of rotatable bonds is 2. The van der Waals surface area contributed by atoms with Gasteiger partial charge in [0.15, 0.2) is 0 Å². The van der Waals surface area contributed by atoms with Crippen LogP contribution < -0.4 is 0 Å². The topological polar surface area (TPSA) is 9.72 Å². The largest absolute Gasteiger partial charge is 0.304 e. The predicted octanol–water partition coefficient (Wildman–Crippen LogP) is 0.281. The van der Waals surface area contributed by atoms with Crippen LogP contribution >= 0.6 is 11.8 Å². The lowest BCUT2D eigenvalue weighted by atomic mass is 10.3. The van der Waals surface area contributed by atoms with Gasteiger partial charge < -0.3 is 9.80 Å². The average molecular weight is 229 g/mol. The van der Waals surface area contributed by atoms with Gasteiger partial charge in [-0.1, -0.05) is 0 Å². The van der Waals surface area contributed by atoms with E-state index in [1.807, 2.05) is 0 Å². The standard InChI is InChI=1S/C11H23N3S/c1-12-3-5-14(6-4-12)10-11-9-13(2)7-8-15-11/h11H,3-10H2,1-2H3. The van der Waals surface area contributed by atoms with Gasteiger partial charge in [0.25, 0.3) is 0 Å². The molecule has 0 aliphatic carbocycles. The van der Waals surface area contributed by atoms with Crippen LogP contribution in [0, 0.1) is 0 Å². The Hall–Kier alpha value is 0.230. The van der Waals surface area contributed by atoms with Crippen molar-refractivity contribution in [2.75, 3.05) is 65.7 Å². The van der Waals surface area contributed by atoms with Crippen LogP contribution in [-0.4, -0.2) is 85.6 Å². The molecular formula is C11H23N3S. The Morgan fingerprint density at radius 3 is 2.40 bits per heavy atom. The first-order valence-corrected chi connectivity index (χ1v) is 7.00. The van der Waals surface area contributed by atoms with E-state index in [1.165, 1.54) is 51.6 Å². The highest BCUT2D eigenvalue weighted by Crippen LogP contribution is 2.19. The maximum absolute atomic E-state index is 2.64. The number of hydrogen-bond donors (Lipinski definition) is 0. The van der Waals surface area contributed by atoms with Gasteiger partial charge in [0.05, 0.1) is 0 Å². The molecule has 88 valence electrons.